The molecule has 0 saturated heterocycles. The molecule has 0 fully saturated rings. The summed E-state index contributed by atoms with van der Waals surface area (Å²) in [7, 11) is 0. The molecule has 1 aliphatic carbocycles. The van der Waals surface area contributed by atoms with Crippen LogP contribution >= 0.6 is 0 Å². The van der Waals surface area contributed by atoms with Crippen molar-refractivity contribution in [2.45, 2.75) is 5.41 Å². The molecular formula is C31H22O4. The van der Waals surface area contributed by atoms with Crippen LogP contribution in [0.4, 0.5) is 0 Å². The molecule has 0 N–H and O–H groups in total. The molecule has 4 aromatic carbocycles. The van der Waals surface area contributed by atoms with Crippen LogP contribution < -0.4 is 9.47 Å². The summed E-state index contributed by atoms with van der Waals surface area (Å²) in [5, 5.41) is 0. The second-order valence-corrected chi connectivity index (χ2v) is 8.14. The maximum absolute atomic E-state index is 11.7. The molecule has 0 unspecified atom stereocenters. The van der Waals surface area contributed by atoms with Crippen molar-refractivity contribution in [2.75, 3.05) is 0 Å². The van der Waals surface area contributed by atoms with E-state index in [0.717, 1.165) is 45.5 Å². The number of hydrogen-bond acceptors (Lipinski definition) is 4. The molecule has 35 heavy (non-hydrogen) atoms. The molecule has 0 aliphatic heterocycles. The fourth-order valence-corrected chi connectivity index (χ4v) is 4.89. The van der Waals surface area contributed by atoms with Gasteiger partial charge in [0, 0.05) is 12.2 Å². The molecular weight excluding hydrogens is 436 g/mol. The highest BCUT2D eigenvalue weighted by Crippen LogP contribution is 2.56. The molecule has 0 aromatic heterocycles. The largest absolute Gasteiger partial charge is 0.423 e. The van der Waals surface area contributed by atoms with Crippen LogP contribution in [0.3, 0.4) is 0 Å². The van der Waals surface area contributed by atoms with Gasteiger partial charge in [0.15, 0.2) is 0 Å². The molecule has 4 aromatic rings. The first-order chi connectivity index (χ1) is 17.1. The number of benzene rings is 4. The van der Waals surface area contributed by atoms with Gasteiger partial charge in [0.2, 0.25) is 0 Å². The second-order valence-electron chi connectivity index (χ2n) is 8.14. The minimum absolute atomic E-state index is 0.444. The topological polar surface area (TPSA) is 52.6 Å². The molecule has 0 atom stereocenters. The van der Waals surface area contributed by atoms with Gasteiger partial charge in [-0.1, -0.05) is 86.0 Å². The van der Waals surface area contributed by atoms with Crippen LogP contribution in [-0.2, 0) is 15.0 Å². The zero-order chi connectivity index (χ0) is 24.4. The Balaban J connectivity index is 1.73. The highest BCUT2D eigenvalue weighted by molar-refractivity contribution is 5.87. The fraction of sp³-hybridized carbons (Fsp3) is 0.0323. The van der Waals surface area contributed by atoms with Crippen molar-refractivity contribution in [3.8, 4) is 22.6 Å². The van der Waals surface area contributed by atoms with E-state index in [0.29, 0.717) is 11.5 Å². The Morgan fingerprint density at radius 1 is 0.571 bits per heavy atom. The number of carbonyl (C=O) groups is 2. The highest BCUT2D eigenvalue weighted by Gasteiger charge is 2.45. The van der Waals surface area contributed by atoms with E-state index in [1.807, 2.05) is 48.5 Å². The van der Waals surface area contributed by atoms with Gasteiger partial charge in [-0.3, -0.25) is 0 Å². The number of fused-ring (bicyclic) bond motifs is 3. The van der Waals surface area contributed by atoms with E-state index in [9.17, 15) is 9.59 Å². The summed E-state index contributed by atoms with van der Waals surface area (Å²) in [6, 6.07) is 31.8. The van der Waals surface area contributed by atoms with Crippen molar-refractivity contribution >= 4 is 11.9 Å². The third-order valence-corrected chi connectivity index (χ3v) is 6.30. The molecule has 0 amide bonds. The normalized spacial score (nSPS) is 12.7. The molecule has 4 nitrogen and oxygen atoms in total. The fourth-order valence-electron chi connectivity index (χ4n) is 4.89. The molecule has 0 bridgehead atoms. The number of ether oxygens (including phenoxy) is 2. The smallest absolute Gasteiger partial charge is 0.335 e. The Morgan fingerprint density at radius 3 is 1.31 bits per heavy atom. The first kappa shape index (κ1) is 22.1. The lowest BCUT2D eigenvalue weighted by Gasteiger charge is -2.34. The van der Waals surface area contributed by atoms with E-state index in [-0.39, 0.29) is 0 Å². The third kappa shape index (κ3) is 3.65. The average molecular weight is 459 g/mol. The summed E-state index contributed by atoms with van der Waals surface area (Å²) in [4.78, 5) is 23.4. The van der Waals surface area contributed by atoms with E-state index in [1.165, 1.54) is 0 Å². The quantitative estimate of drug-likeness (QED) is 0.172. The SMILES string of the molecule is C=CC(=O)Oc1ccc(C2(c3ccc(OC(=O)C=C)cc3)c3ccccc3-c3ccccc32)cc1. The van der Waals surface area contributed by atoms with E-state index in [2.05, 4.69) is 37.4 Å². The number of rotatable bonds is 6. The predicted molar refractivity (Wildman–Crippen MR) is 135 cm³/mol. The van der Waals surface area contributed by atoms with Gasteiger partial charge in [-0.05, 0) is 57.6 Å². The molecule has 170 valence electrons. The van der Waals surface area contributed by atoms with Crippen molar-refractivity contribution in [1.82, 2.24) is 0 Å². The molecule has 4 heteroatoms. The highest BCUT2D eigenvalue weighted by atomic mass is 16.5. The molecule has 0 heterocycles. The van der Waals surface area contributed by atoms with Crippen LogP contribution in [0.25, 0.3) is 11.1 Å². The molecule has 0 saturated carbocycles. The lowest BCUT2D eigenvalue weighted by Crippen LogP contribution is -2.28. The lowest BCUT2D eigenvalue weighted by atomic mass is 9.68. The van der Waals surface area contributed by atoms with Crippen molar-refractivity contribution in [3.63, 3.8) is 0 Å². The van der Waals surface area contributed by atoms with Crippen LogP contribution in [0.1, 0.15) is 22.3 Å². The third-order valence-electron chi connectivity index (χ3n) is 6.30. The summed E-state index contributed by atoms with van der Waals surface area (Å²) in [5.41, 5.74) is 6.03. The van der Waals surface area contributed by atoms with Crippen LogP contribution in [0.15, 0.2) is 122 Å². The van der Waals surface area contributed by atoms with Gasteiger partial charge in [0.25, 0.3) is 0 Å². The van der Waals surface area contributed by atoms with Gasteiger partial charge in [0.1, 0.15) is 11.5 Å². The Kier molecular flexibility index (Phi) is 5.63. The molecule has 5 rings (SSSR count). The monoisotopic (exact) mass is 458 g/mol. The maximum atomic E-state index is 11.7. The Morgan fingerprint density at radius 2 is 0.943 bits per heavy atom. The van der Waals surface area contributed by atoms with Gasteiger partial charge in [-0.15, -0.1) is 0 Å². The molecule has 0 radical (unpaired) electrons. The number of esters is 2. The van der Waals surface area contributed by atoms with Crippen LogP contribution in [0.5, 0.6) is 11.5 Å². The minimum atomic E-state index is -0.616. The van der Waals surface area contributed by atoms with Crippen molar-refractivity contribution in [2.24, 2.45) is 0 Å². The van der Waals surface area contributed by atoms with Gasteiger partial charge in [-0.2, -0.15) is 0 Å². The number of carbonyl (C=O) groups excluding carboxylic acids is 2. The van der Waals surface area contributed by atoms with E-state index >= 15 is 0 Å². The van der Waals surface area contributed by atoms with E-state index in [4.69, 9.17) is 9.47 Å². The van der Waals surface area contributed by atoms with E-state index < -0.39 is 17.4 Å². The first-order valence-electron chi connectivity index (χ1n) is 11.2. The Hall–Kier alpha value is -4.70. The van der Waals surface area contributed by atoms with Crippen molar-refractivity contribution in [1.29, 1.82) is 0 Å². The zero-order valence-corrected chi connectivity index (χ0v) is 18.9. The summed E-state index contributed by atoms with van der Waals surface area (Å²) in [5.74, 6) is -0.123. The first-order valence-corrected chi connectivity index (χ1v) is 11.2. The Labute approximate surface area is 203 Å². The predicted octanol–water partition coefficient (Wildman–Crippen LogP) is 6.23. The second kappa shape index (κ2) is 8.92. The summed E-state index contributed by atoms with van der Waals surface area (Å²) in [6.07, 6.45) is 2.28. The van der Waals surface area contributed by atoms with Crippen LogP contribution in [-0.4, -0.2) is 11.9 Å². The Bertz CT molecular complexity index is 1330. The zero-order valence-electron chi connectivity index (χ0n) is 18.9. The lowest BCUT2D eigenvalue weighted by molar-refractivity contribution is -0.129. The van der Waals surface area contributed by atoms with E-state index in [1.54, 1.807) is 24.3 Å². The molecule has 0 spiro atoms. The number of hydrogen-bond donors (Lipinski definition) is 0. The molecule has 1 aliphatic rings. The van der Waals surface area contributed by atoms with Crippen molar-refractivity contribution in [3.05, 3.63) is 145 Å². The van der Waals surface area contributed by atoms with Crippen LogP contribution in [0, 0.1) is 0 Å². The average Bonchev–Trinajstić information content (AvgIpc) is 3.21. The minimum Gasteiger partial charge on any atom is -0.423 e. The van der Waals surface area contributed by atoms with Gasteiger partial charge < -0.3 is 9.47 Å². The van der Waals surface area contributed by atoms with Crippen molar-refractivity contribution < 1.29 is 19.1 Å². The van der Waals surface area contributed by atoms with Gasteiger partial charge in [0.05, 0.1) is 5.41 Å². The summed E-state index contributed by atoms with van der Waals surface area (Å²) in [6.45, 7) is 6.91. The maximum Gasteiger partial charge on any atom is 0.335 e. The van der Waals surface area contributed by atoms with Crippen LogP contribution in [0.2, 0.25) is 0 Å². The van der Waals surface area contributed by atoms with Gasteiger partial charge in [-0.25, -0.2) is 9.59 Å². The summed E-state index contributed by atoms with van der Waals surface area (Å²) < 4.78 is 10.6. The summed E-state index contributed by atoms with van der Waals surface area (Å²) >= 11 is 0. The van der Waals surface area contributed by atoms with Gasteiger partial charge >= 0.3 is 11.9 Å². The standard InChI is InChI=1S/C31H22O4/c1-3-29(32)34-23-17-13-21(14-18-23)31(22-15-19-24(20-16-22)35-30(33)4-2)27-11-7-5-9-25(27)26-10-6-8-12-28(26)31/h3-20H,1-2H2.